The normalized spacial score (nSPS) is 16.0. The van der Waals surface area contributed by atoms with E-state index in [1.54, 1.807) is 6.07 Å². The van der Waals surface area contributed by atoms with Crippen LogP contribution >= 0.6 is 0 Å². The van der Waals surface area contributed by atoms with Gasteiger partial charge in [-0.15, -0.1) is 0 Å². The number of ether oxygens (including phenoxy) is 1. The van der Waals surface area contributed by atoms with Crippen molar-refractivity contribution in [2.75, 3.05) is 31.6 Å². The molecule has 1 aromatic carbocycles. The standard InChI is InChI=1S/C14H18FN3O/c15-12-7-11(10-16)8-13(9-12)18-5-6-19-14-1-3-17-4-2-14/h7-9,14,17-18H,1-6H2. The number of rotatable bonds is 5. The highest BCUT2D eigenvalue weighted by atomic mass is 19.1. The van der Waals surface area contributed by atoms with Crippen molar-refractivity contribution in [2.45, 2.75) is 18.9 Å². The maximum absolute atomic E-state index is 13.2. The van der Waals surface area contributed by atoms with Gasteiger partial charge in [0.05, 0.1) is 24.3 Å². The van der Waals surface area contributed by atoms with Crippen LogP contribution in [0.2, 0.25) is 0 Å². The minimum absolute atomic E-state index is 0.321. The van der Waals surface area contributed by atoms with Crippen molar-refractivity contribution in [1.82, 2.24) is 5.32 Å². The van der Waals surface area contributed by atoms with Gasteiger partial charge in [-0.25, -0.2) is 4.39 Å². The fourth-order valence-corrected chi connectivity index (χ4v) is 2.14. The van der Waals surface area contributed by atoms with E-state index in [1.807, 2.05) is 6.07 Å². The first-order valence-electron chi connectivity index (χ1n) is 6.55. The number of piperidine rings is 1. The van der Waals surface area contributed by atoms with E-state index in [4.69, 9.17) is 10.00 Å². The highest BCUT2D eigenvalue weighted by Gasteiger charge is 2.12. The summed E-state index contributed by atoms with van der Waals surface area (Å²) in [5, 5.41) is 15.1. The molecule has 102 valence electrons. The molecule has 0 saturated carbocycles. The lowest BCUT2D eigenvalue weighted by Gasteiger charge is -2.23. The zero-order valence-corrected chi connectivity index (χ0v) is 10.8. The lowest BCUT2D eigenvalue weighted by Crippen LogP contribution is -2.33. The Morgan fingerprint density at radius 3 is 2.89 bits per heavy atom. The van der Waals surface area contributed by atoms with Crippen LogP contribution < -0.4 is 10.6 Å². The summed E-state index contributed by atoms with van der Waals surface area (Å²) in [6.07, 6.45) is 2.40. The van der Waals surface area contributed by atoms with E-state index in [9.17, 15) is 4.39 Å². The molecule has 0 spiro atoms. The Morgan fingerprint density at radius 1 is 1.37 bits per heavy atom. The molecule has 2 rings (SSSR count). The van der Waals surface area contributed by atoms with Gasteiger partial charge in [0.1, 0.15) is 5.82 Å². The molecule has 0 radical (unpaired) electrons. The summed E-state index contributed by atoms with van der Waals surface area (Å²) in [7, 11) is 0. The van der Waals surface area contributed by atoms with Crippen LogP contribution in [0.3, 0.4) is 0 Å². The quantitative estimate of drug-likeness (QED) is 0.796. The van der Waals surface area contributed by atoms with Crippen molar-refractivity contribution in [3.8, 4) is 6.07 Å². The lowest BCUT2D eigenvalue weighted by molar-refractivity contribution is 0.0394. The smallest absolute Gasteiger partial charge is 0.126 e. The highest BCUT2D eigenvalue weighted by Crippen LogP contribution is 2.13. The summed E-state index contributed by atoms with van der Waals surface area (Å²) in [6.45, 7) is 3.21. The van der Waals surface area contributed by atoms with Crippen molar-refractivity contribution in [3.63, 3.8) is 0 Å². The molecule has 2 N–H and O–H groups in total. The second-order valence-electron chi connectivity index (χ2n) is 4.59. The maximum atomic E-state index is 13.2. The molecule has 0 aliphatic carbocycles. The maximum Gasteiger partial charge on any atom is 0.126 e. The van der Waals surface area contributed by atoms with Crippen LogP contribution in [0.1, 0.15) is 18.4 Å². The van der Waals surface area contributed by atoms with Crippen molar-refractivity contribution < 1.29 is 9.13 Å². The second-order valence-corrected chi connectivity index (χ2v) is 4.59. The van der Waals surface area contributed by atoms with E-state index in [0.29, 0.717) is 30.5 Å². The summed E-state index contributed by atoms with van der Waals surface area (Å²) < 4.78 is 18.9. The molecule has 1 aliphatic heterocycles. The molecule has 1 heterocycles. The zero-order chi connectivity index (χ0) is 13.5. The first kappa shape index (κ1) is 13.8. The molecule has 4 nitrogen and oxygen atoms in total. The highest BCUT2D eigenvalue weighted by molar-refractivity contribution is 5.49. The van der Waals surface area contributed by atoms with Crippen LogP contribution in [0.15, 0.2) is 18.2 Å². The van der Waals surface area contributed by atoms with E-state index in [0.717, 1.165) is 25.9 Å². The zero-order valence-electron chi connectivity index (χ0n) is 10.8. The van der Waals surface area contributed by atoms with Crippen molar-refractivity contribution in [3.05, 3.63) is 29.6 Å². The molecule has 1 aliphatic rings. The predicted octanol–water partition coefficient (Wildman–Crippen LogP) is 1.88. The van der Waals surface area contributed by atoms with Gasteiger partial charge in [-0.3, -0.25) is 0 Å². The van der Waals surface area contributed by atoms with Crippen LogP contribution in [0.25, 0.3) is 0 Å². The molecule has 1 aromatic rings. The van der Waals surface area contributed by atoms with Crippen LogP contribution in [0.4, 0.5) is 10.1 Å². The number of halogens is 1. The third kappa shape index (κ3) is 4.51. The number of nitrogens with one attached hydrogen (secondary N) is 2. The minimum Gasteiger partial charge on any atom is -0.383 e. The molecular weight excluding hydrogens is 245 g/mol. The van der Waals surface area contributed by atoms with Gasteiger partial charge < -0.3 is 15.4 Å². The van der Waals surface area contributed by atoms with Crippen LogP contribution in [0.5, 0.6) is 0 Å². The van der Waals surface area contributed by atoms with Gasteiger partial charge in [0.2, 0.25) is 0 Å². The van der Waals surface area contributed by atoms with Crippen LogP contribution in [0, 0.1) is 17.1 Å². The Labute approximate surface area is 112 Å². The number of anilines is 1. The van der Waals surface area contributed by atoms with E-state index in [1.165, 1.54) is 12.1 Å². The molecular formula is C14H18FN3O. The average molecular weight is 263 g/mol. The number of hydrogen-bond acceptors (Lipinski definition) is 4. The molecule has 0 aromatic heterocycles. The Balaban J connectivity index is 1.73. The number of hydrogen-bond donors (Lipinski definition) is 2. The van der Waals surface area contributed by atoms with Gasteiger partial charge in [-0.2, -0.15) is 5.26 Å². The van der Waals surface area contributed by atoms with Crippen molar-refractivity contribution in [2.24, 2.45) is 0 Å². The number of nitrogens with zero attached hydrogens (tertiary/aromatic N) is 1. The van der Waals surface area contributed by atoms with E-state index in [2.05, 4.69) is 10.6 Å². The van der Waals surface area contributed by atoms with Gasteiger partial charge in [0, 0.05) is 12.2 Å². The summed E-state index contributed by atoms with van der Waals surface area (Å²) in [4.78, 5) is 0. The fraction of sp³-hybridized carbons (Fsp3) is 0.500. The number of nitriles is 1. The fourth-order valence-electron chi connectivity index (χ4n) is 2.14. The molecule has 0 atom stereocenters. The third-order valence-electron chi connectivity index (χ3n) is 3.10. The van der Waals surface area contributed by atoms with Crippen molar-refractivity contribution >= 4 is 5.69 Å². The van der Waals surface area contributed by atoms with Gasteiger partial charge in [0.15, 0.2) is 0 Å². The summed E-state index contributed by atoms with van der Waals surface area (Å²) in [5.41, 5.74) is 0.937. The minimum atomic E-state index is -0.402. The van der Waals surface area contributed by atoms with Crippen LogP contribution in [-0.4, -0.2) is 32.3 Å². The van der Waals surface area contributed by atoms with E-state index < -0.39 is 5.82 Å². The Morgan fingerprint density at radius 2 is 2.16 bits per heavy atom. The first-order valence-corrected chi connectivity index (χ1v) is 6.55. The molecule has 1 saturated heterocycles. The molecule has 0 bridgehead atoms. The van der Waals surface area contributed by atoms with Crippen molar-refractivity contribution in [1.29, 1.82) is 5.26 Å². The van der Waals surface area contributed by atoms with Gasteiger partial charge in [0.25, 0.3) is 0 Å². The summed E-state index contributed by atoms with van der Waals surface area (Å²) >= 11 is 0. The largest absolute Gasteiger partial charge is 0.383 e. The average Bonchev–Trinajstić information content (AvgIpc) is 2.44. The molecule has 0 unspecified atom stereocenters. The Kier molecular flexibility index (Phi) is 5.13. The SMILES string of the molecule is N#Cc1cc(F)cc(NCCOC2CCNCC2)c1. The van der Waals surface area contributed by atoms with Gasteiger partial charge >= 0.3 is 0 Å². The van der Waals surface area contributed by atoms with E-state index in [-0.39, 0.29) is 0 Å². The second kappa shape index (κ2) is 7.07. The topological polar surface area (TPSA) is 57.1 Å². The van der Waals surface area contributed by atoms with Gasteiger partial charge in [-0.1, -0.05) is 0 Å². The Bertz CT molecular complexity index is 452. The first-order chi connectivity index (χ1) is 9.28. The molecule has 5 heteroatoms. The Hall–Kier alpha value is -1.64. The van der Waals surface area contributed by atoms with Gasteiger partial charge in [-0.05, 0) is 44.1 Å². The third-order valence-corrected chi connectivity index (χ3v) is 3.10. The number of benzene rings is 1. The lowest BCUT2D eigenvalue weighted by atomic mass is 10.1. The van der Waals surface area contributed by atoms with Crippen LogP contribution in [-0.2, 0) is 4.74 Å². The molecule has 0 amide bonds. The van der Waals surface area contributed by atoms with E-state index >= 15 is 0 Å². The summed E-state index contributed by atoms with van der Waals surface area (Å²) in [6, 6.07) is 6.16. The predicted molar refractivity (Wildman–Crippen MR) is 71.4 cm³/mol. The monoisotopic (exact) mass is 263 g/mol. The molecule has 1 fully saturated rings. The summed E-state index contributed by atoms with van der Waals surface area (Å²) in [5.74, 6) is -0.402. The molecule has 19 heavy (non-hydrogen) atoms.